The smallest absolute Gasteiger partial charge is 0.136 e. The molecule has 58 heavy (non-hydrogen) atoms. The van der Waals surface area contributed by atoms with E-state index < -0.39 is 0 Å². The van der Waals surface area contributed by atoms with Gasteiger partial charge < -0.3 is 9.32 Å². The van der Waals surface area contributed by atoms with Crippen LogP contribution in [0.1, 0.15) is 0 Å². The summed E-state index contributed by atoms with van der Waals surface area (Å²) in [6, 6.07) is 80.8. The molecule has 0 amide bonds. The second-order valence-electron chi connectivity index (χ2n) is 14.9. The van der Waals surface area contributed by atoms with Crippen LogP contribution >= 0.6 is 0 Å². The largest absolute Gasteiger partial charge is 0.456 e. The molecule has 272 valence electrons. The molecule has 0 unspecified atom stereocenters. The molecular formula is C56H37NO. The number of hydrogen-bond donors (Lipinski definition) is 0. The van der Waals surface area contributed by atoms with Gasteiger partial charge in [0.25, 0.3) is 0 Å². The van der Waals surface area contributed by atoms with E-state index in [0.717, 1.165) is 61.3 Å². The Balaban J connectivity index is 1.21. The molecule has 11 rings (SSSR count). The summed E-state index contributed by atoms with van der Waals surface area (Å²) in [5.74, 6) is 0. The average Bonchev–Trinajstić information content (AvgIpc) is 3.68. The molecule has 0 fully saturated rings. The first-order valence-electron chi connectivity index (χ1n) is 19.8. The molecule has 0 bridgehead atoms. The standard InChI is InChI=1S/C56H37NO/c1-3-15-38(16-4-1)40-29-32-44(33-30-40)57(45-21-13-20-41(35-45)39-17-5-2-6-18-39)53-27-14-26-51(52-36-42-19-7-8-22-46(42)47-23-9-10-24-48(47)52)56(53)43-31-34-50-49-25-11-12-28-54(49)58-55(50)37-43/h1-37H. The zero-order valence-corrected chi connectivity index (χ0v) is 31.7. The second-order valence-corrected chi connectivity index (χ2v) is 14.9. The van der Waals surface area contributed by atoms with Gasteiger partial charge in [-0.05, 0) is 115 Å². The maximum absolute atomic E-state index is 6.56. The predicted octanol–water partition coefficient (Wildman–Crippen LogP) is 16.0. The van der Waals surface area contributed by atoms with Crippen molar-refractivity contribution >= 4 is 60.5 Å². The molecule has 0 aliphatic heterocycles. The van der Waals surface area contributed by atoms with Gasteiger partial charge in [0.05, 0.1) is 5.69 Å². The van der Waals surface area contributed by atoms with Crippen molar-refractivity contribution < 1.29 is 4.42 Å². The normalized spacial score (nSPS) is 11.4. The molecule has 0 spiro atoms. The molecule has 0 saturated carbocycles. The Morgan fingerprint density at radius 3 is 1.67 bits per heavy atom. The van der Waals surface area contributed by atoms with E-state index in [9.17, 15) is 0 Å². The Labute approximate surface area is 337 Å². The molecule has 1 aromatic heterocycles. The Morgan fingerprint density at radius 1 is 0.293 bits per heavy atom. The fourth-order valence-corrected chi connectivity index (χ4v) is 8.73. The minimum Gasteiger partial charge on any atom is -0.456 e. The molecule has 10 aromatic carbocycles. The third-order valence-electron chi connectivity index (χ3n) is 11.5. The van der Waals surface area contributed by atoms with Gasteiger partial charge in [0.1, 0.15) is 11.2 Å². The summed E-state index contributed by atoms with van der Waals surface area (Å²) in [5, 5.41) is 7.15. The van der Waals surface area contributed by atoms with Crippen molar-refractivity contribution in [2.24, 2.45) is 0 Å². The molecule has 0 aliphatic carbocycles. The first kappa shape index (κ1) is 33.6. The molecule has 0 atom stereocenters. The summed E-state index contributed by atoms with van der Waals surface area (Å²) in [5.41, 5.74) is 14.2. The van der Waals surface area contributed by atoms with Gasteiger partial charge in [-0.15, -0.1) is 0 Å². The lowest BCUT2D eigenvalue weighted by molar-refractivity contribution is 0.669. The molecule has 2 heteroatoms. The van der Waals surface area contributed by atoms with Gasteiger partial charge in [-0.25, -0.2) is 0 Å². The highest BCUT2D eigenvalue weighted by Gasteiger charge is 2.23. The highest BCUT2D eigenvalue weighted by atomic mass is 16.3. The summed E-state index contributed by atoms with van der Waals surface area (Å²) in [7, 11) is 0. The van der Waals surface area contributed by atoms with Crippen LogP contribution in [0.3, 0.4) is 0 Å². The highest BCUT2D eigenvalue weighted by Crippen LogP contribution is 2.49. The molecule has 0 radical (unpaired) electrons. The maximum Gasteiger partial charge on any atom is 0.136 e. The molecule has 0 aliphatic rings. The van der Waals surface area contributed by atoms with Crippen molar-refractivity contribution in [1.82, 2.24) is 0 Å². The topological polar surface area (TPSA) is 16.4 Å². The third kappa shape index (κ3) is 5.82. The summed E-state index contributed by atoms with van der Waals surface area (Å²) < 4.78 is 6.56. The van der Waals surface area contributed by atoms with Gasteiger partial charge in [0, 0.05) is 27.7 Å². The molecule has 1 heterocycles. The van der Waals surface area contributed by atoms with Crippen molar-refractivity contribution in [1.29, 1.82) is 0 Å². The molecule has 0 N–H and O–H groups in total. The Bertz CT molecular complexity index is 3270. The summed E-state index contributed by atoms with van der Waals surface area (Å²) in [6.07, 6.45) is 0. The second kappa shape index (κ2) is 14.1. The van der Waals surface area contributed by atoms with Crippen molar-refractivity contribution in [2.75, 3.05) is 4.90 Å². The quantitative estimate of drug-likeness (QED) is 0.151. The van der Waals surface area contributed by atoms with Gasteiger partial charge in [-0.1, -0.05) is 170 Å². The van der Waals surface area contributed by atoms with E-state index in [4.69, 9.17) is 4.42 Å². The fraction of sp³-hybridized carbons (Fsp3) is 0. The Morgan fingerprint density at radius 2 is 0.879 bits per heavy atom. The van der Waals surface area contributed by atoms with Crippen molar-refractivity contribution in [2.45, 2.75) is 0 Å². The fourth-order valence-electron chi connectivity index (χ4n) is 8.73. The lowest BCUT2D eigenvalue weighted by Gasteiger charge is -2.30. The number of nitrogens with zero attached hydrogens (tertiary/aromatic N) is 1. The zero-order chi connectivity index (χ0) is 38.4. The minimum absolute atomic E-state index is 0.868. The lowest BCUT2D eigenvalue weighted by atomic mass is 9.87. The maximum atomic E-state index is 6.56. The van der Waals surface area contributed by atoms with Gasteiger partial charge in [0.15, 0.2) is 0 Å². The number of benzene rings is 10. The minimum atomic E-state index is 0.868. The van der Waals surface area contributed by atoms with Crippen LogP contribution in [0.5, 0.6) is 0 Å². The third-order valence-corrected chi connectivity index (χ3v) is 11.5. The number of furan rings is 1. The van der Waals surface area contributed by atoms with Gasteiger partial charge in [-0.3, -0.25) is 0 Å². The van der Waals surface area contributed by atoms with Crippen LogP contribution < -0.4 is 4.90 Å². The average molecular weight is 740 g/mol. The number of rotatable bonds is 7. The molecular weight excluding hydrogens is 703 g/mol. The SMILES string of the molecule is c1ccc(-c2ccc(N(c3cccc(-c4ccccc4)c3)c3cccc(-c4cc5ccccc5c5ccccc45)c3-c3ccc4c(c3)oc3ccccc34)cc2)cc1. The van der Waals surface area contributed by atoms with Crippen LogP contribution in [-0.4, -0.2) is 0 Å². The first-order chi connectivity index (χ1) is 28.8. The lowest BCUT2D eigenvalue weighted by Crippen LogP contribution is -2.12. The van der Waals surface area contributed by atoms with E-state index in [0.29, 0.717) is 0 Å². The highest BCUT2D eigenvalue weighted by molar-refractivity contribution is 6.16. The van der Waals surface area contributed by atoms with Crippen LogP contribution in [0.15, 0.2) is 229 Å². The summed E-state index contributed by atoms with van der Waals surface area (Å²) >= 11 is 0. The number of fused-ring (bicyclic) bond motifs is 6. The van der Waals surface area contributed by atoms with Gasteiger partial charge in [-0.2, -0.15) is 0 Å². The summed E-state index contributed by atoms with van der Waals surface area (Å²) in [6.45, 7) is 0. The van der Waals surface area contributed by atoms with Crippen LogP contribution in [0.4, 0.5) is 17.1 Å². The van der Waals surface area contributed by atoms with Crippen molar-refractivity contribution in [3.63, 3.8) is 0 Å². The van der Waals surface area contributed by atoms with Crippen LogP contribution in [0.2, 0.25) is 0 Å². The summed E-state index contributed by atoms with van der Waals surface area (Å²) in [4.78, 5) is 2.42. The Kier molecular flexibility index (Phi) is 8.19. The zero-order valence-electron chi connectivity index (χ0n) is 31.7. The van der Waals surface area contributed by atoms with Crippen molar-refractivity contribution in [3.8, 4) is 44.5 Å². The first-order valence-corrected chi connectivity index (χ1v) is 19.8. The molecule has 0 saturated heterocycles. The number of para-hydroxylation sites is 1. The van der Waals surface area contributed by atoms with Crippen LogP contribution in [-0.2, 0) is 0 Å². The van der Waals surface area contributed by atoms with E-state index in [1.807, 2.05) is 6.07 Å². The van der Waals surface area contributed by atoms with E-state index in [-0.39, 0.29) is 0 Å². The van der Waals surface area contributed by atoms with E-state index in [1.165, 1.54) is 43.8 Å². The number of hydrogen-bond acceptors (Lipinski definition) is 2. The molecule has 11 aromatic rings. The Hall–Kier alpha value is -7.68. The monoisotopic (exact) mass is 739 g/mol. The van der Waals surface area contributed by atoms with E-state index in [1.54, 1.807) is 0 Å². The van der Waals surface area contributed by atoms with Crippen LogP contribution in [0.25, 0.3) is 88.0 Å². The van der Waals surface area contributed by atoms with E-state index in [2.05, 4.69) is 223 Å². The number of anilines is 3. The van der Waals surface area contributed by atoms with Crippen LogP contribution in [0, 0.1) is 0 Å². The molecule has 2 nitrogen and oxygen atoms in total. The predicted molar refractivity (Wildman–Crippen MR) is 245 cm³/mol. The van der Waals surface area contributed by atoms with Gasteiger partial charge >= 0.3 is 0 Å². The van der Waals surface area contributed by atoms with E-state index >= 15 is 0 Å². The van der Waals surface area contributed by atoms with Crippen molar-refractivity contribution in [3.05, 3.63) is 224 Å². The van der Waals surface area contributed by atoms with Gasteiger partial charge in [0.2, 0.25) is 0 Å².